The molecule has 1 aromatic rings. The molecule has 126 valence electrons. The number of amides is 2. The second-order valence-electron chi connectivity index (χ2n) is 6.45. The number of hydrogen-bond acceptors (Lipinski definition) is 4. The minimum atomic E-state index is -0.0682. The zero-order valence-corrected chi connectivity index (χ0v) is 13.5. The van der Waals surface area contributed by atoms with Crippen molar-refractivity contribution >= 4 is 11.8 Å². The molecule has 1 aliphatic heterocycles. The number of piperazine rings is 1. The average Bonchev–Trinajstić information content (AvgIpc) is 3.10. The van der Waals surface area contributed by atoms with Crippen LogP contribution in [0, 0.1) is 0 Å². The van der Waals surface area contributed by atoms with Crippen LogP contribution in [0.5, 0.6) is 0 Å². The normalized spacial score (nSPS) is 20.4. The standard InChI is InChI=1S/C17H25N3O3/c21-16(18-14-5-2-1-3-6-14)13-19-8-10-20(11-9-19)17(22)15-7-4-12-23-15/h4,7,12,14H,1-3,5-6,8-11,13H2,(H,18,21). The van der Waals surface area contributed by atoms with Gasteiger partial charge in [-0.25, -0.2) is 0 Å². The van der Waals surface area contributed by atoms with Crippen LogP contribution in [0.2, 0.25) is 0 Å². The van der Waals surface area contributed by atoms with Crippen LogP contribution in [-0.2, 0) is 4.79 Å². The second-order valence-corrected chi connectivity index (χ2v) is 6.45. The van der Waals surface area contributed by atoms with Crippen LogP contribution < -0.4 is 5.32 Å². The molecule has 2 aliphatic rings. The molecule has 1 saturated heterocycles. The van der Waals surface area contributed by atoms with Crippen molar-refractivity contribution in [1.82, 2.24) is 15.1 Å². The van der Waals surface area contributed by atoms with Gasteiger partial charge in [0, 0.05) is 32.2 Å². The molecule has 6 nitrogen and oxygen atoms in total. The van der Waals surface area contributed by atoms with E-state index in [2.05, 4.69) is 10.2 Å². The lowest BCUT2D eigenvalue weighted by Gasteiger charge is -2.34. The molecule has 23 heavy (non-hydrogen) atoms. The molecule has 6 heteroatoms. The summed E-state index contributed by atoms with van der Waals surface area (Å²) in [4.78, 5) is 28.2. The molecule has 1 saturated carbocycles. The Morgan fingerprint density at radius 2 is 1.87 bits per heavy atom. The SMILES string of the molecule is O=C(CN1CCN(C(=O)c2ccco2)CC1)NC1CCCCC1. The summed E-state index contributed by atoms with van der Waals surface area (Å²) in [6.45, 7) is 3.15. The Kier molecular flexibility index (Phi) is 5.33. The Morgan fingerprint density at radius 1 is 1.13 bits per heavy atom. The third-order valence-corrected chi connectivity index (χ3v) is 4.73. The van der Waals surface area contributed by atoms with Crippen LogP contribution in [0.15, 0.2) is 22.8 Å². The predicted molar refractivity (Wildman–Crippen MR) is 86.1 cm³/mol. The molecule has 0 spiro atoms. The summed E-state index contributed by atoms with van der Waals surface area (Å²) >= 11 is 0. The number of rotatable bonds is 4. The molecule has 1 N–H and O–H groups in total. The zero-order chi connectivity index (χ0) is 16.1. The lowest BCUT2D eigenvalue weighted by molar-refractivity contribution is -0.123. The van der Waals surface area contributed by atoms with Crippen molar-refractivity contribution in [3.63, 3.8) is 0 Å². The number of nitrogens with one attached hydrogen (secondary N) is 1. The van der Waals surface area contributed by atoms with E-state index in [1.54, 1.807) is 17.0 Å². The summed E-state index contributed by atoms with van der Waals surface area (Å²) in [5, 5.41) is 3.15. The van der Waals surface area contributed by atoms with E-state index >= 15 is 0 Å². The van der Waals surface area contributed by atoms with Crippen molar-refractivity contribution in [2.24, 2.45) is 0 Å². The Bertz CT molecular complexity index is 515. The molecule has 0 radical (unpaired) electrons. The molecule has 0 unspecified atom stereocenters. The van der Waals surface area contributed by atoms with Gasteiger partial charge in [0.05, 0.1) is 12.8 Å². The molecule has 2 amide bonds. The Balaban J connectivity index is 1.40. The van der Waals surface area contributed by atoms with Gasteiger partial charge in [-0.3, -0.25) is 14.5 Å². The third-order valence-electron chi connectivity index (χ3n) is 4.73. The molecule has 2 heterocycles. The van der Waals surface area contributed by atoms with Crippen molar-refractivity contribution < 1.29 is 14.0 Å². The highest BCUT2D eigenvalue weighted by atomic mass is 16.3. The monoisotopic (exact) mass is 319 g/mol. The Hall–Kier alpha value is -1.82. The topological polar surface area (TPSA) is 65.8 Å². The largest absolute Gasteiger partial charge is 0.459 e. The van der Waals surface area contributed by atoms with E-state index in [-0.39, 0.29) is 11.8 Å². The minimum Gasteiger partial charge on any atom is -0.459 e. The first-order valence-corrected chi connectivity index (χ1v) is 8.57. The quantitative estimate of drug-likeness (QED) is 0.913. The van der Waals surface area contributed by atoms with Gasteiger partial charge in [0.1, 0.15) is 0 Å². The zero-order valence-electron chi connectivity index (χ0n) is 13.5. The molecule has 3 rings (SSSR count). The summed E-state index contributed by atoms with van der Waals surface area (Å²) in [5.41, 5.74) is 0. The lowest BCUT2D eigenvalue weighted by atomic mass is 9.95. The van der Waals surface area contributed by atoms with Gasteiger partial charge in [-0.05, 0) is 25.0 Å². The van der Waals surface area contributed by atoms with E-state index in [1.165, 1.54) is 25.5 Å². The Labute approximate surface area is 136 Å². The number of carbonyl (C=O) groups is 2. The maximum Gasteiger partial charge on any atom is 0.289 e. The summed E-state index contributed by atoms with van der Waals surface area (Å²) in [6, 6.07) is 3.77. The van der Waals surface area contributed by atoms with Crippen molar-refractivity contribution in [3.8, 4) is 0 Å². The molecule has 0 atom stereocenters. The molecular weight excluding hydrogens is 294 g/mol. The number of furan rings is 1. The van der Waals surface area contributed by atoms with Gasteiger partial charge in [-0.1, -0.05) is 19.3 Å². The number of nitrogens with zero attached hydrogens (tertiary/aromatic N) is 2. The molecule has 0 bridgehead atoms. The van der Waals surface area contributed by atoms with Gasteiger partial charge < -0.3 is 14.6 Å². The third kappa shape index (κ3) is 4.34. The minimum absolute atomic E-state index is 0.0682. The summed E-state index contributed by atoms with van der Waals surface area (Å²) in [7, 11) is 0. The molecule has 0 aromatic carbocycles. The number of carbonyl (C=O) groups excluding carboxylic acids is 2. The van der Waals surface area contributed by atoms with Crippen molar-refractivity contribution in [1.29, 1.82) is 0 Å². The maximum absolute atomic E-state index is 12.2. The first kappa shape index (κ1) is 16.1. The van der Waals surface area contributed by atoms with Crippen LogP contribution in [0.1, 0.15) is 42.7 Å². The number of hydrogen-bond donors (Lipinski definition) is 1. The highest BCUT2D eigenvalue weighted by Gasteiger charge is 2.25. The van der Waals surface area contributed by atoms with Crippen molar-refractivity contribution in [2.75, 3.05) is 32.7 Å². The lowest BCUT2D eigenvalue weighted by Crippen LogP contribution is -2.52. The molecule has 2 fully saturated rings. The highest BCUT2D eigenvalue weighted by molar-refractivity contribution is 5.91. The van der Waals surface area contributed by atoms with Crippen LogP contribution >= 0.6 is 0 Å². The van der Waals surface area contributed by atoms with Crippen LogP contribution in [-0.4, -0.2) is 60.4 Å². The Morgan fingerprint density at radius 3 is 2.52 bits per heavy atom. The fourth-order valence-corrected chi connectivity index (χ4v) is 3.39. The van der Waals surface area contributed by atoms with Gasteiger partial charge in [0.25, 0.3) is 5.91 Å². The summed E-state index contributed by atoms with van der Waals surface area (Å²) in [5.74, 6) is 0.428. The van der Waals surface area contributed by atoms with E-state index < -0.39 is 0 Å². The summed E-state index contributed by atoms with van der Waals surface area (Å²) in [6.07, 6.45) is 7.46. The fraction of sp³-hybridized carbons (Fsp3) is 0.647. The van der Waals surface area contributed by atoms with Gasteiger partial charge in [0.2, 0.25) is 5.91 Å². The average molecular weight is 319 g/mol. The second kappa shape index (κ2) is 7.64. The molecule has 1 aromatic heterocycles. The maximum atomic E-state index is 12.2. The molecular formula is C17H25N3O3. The van der Waals surface area contributed by atoms with Gasteiger partial charge >= 0.3 is 0 Å². The smallest absolute Gasteiger partial charge is 0.289 e. The van der Waals surface area contributed by atoms with Crippen LogP contribution in [0.25, 0.3) is 0 Å². The first-order valence-electron chi connectivity index (χ1n) is 8.57. The van der Waals surface area contributed by atoms with Gasteiger partial charge in [-0.2, -0.15) is 0 Å². The predicted octanol–water partition coefficient (Wildman–Crippen LogP) is 1.49. The van der Waals surface area contributed by atoms with E-state index in [0.29, 0.717) is 31.4 Å². The van der Waals surface area contributed by atoms with Crippen LogP contribution in [0.4, 0.5) is 0 Å². The van der Waals surface area contributed by atoms with E-state index in [4.69, 9.17) is 4.42 Å². The van der Waals surface area contributed by atoms with Crippen molar-refractivity contribution in [3.05, 3.63) is 24.2 Å². The van der Waals surface area contributed by atoms with E-state index in [9.17, 15) is 9.59 Å². The fourth-order valence-electron chi connectivity index (χ4n) is 3.39. The highest BCUT2D eigenvalue weighted by Crippen LogP contribution is 2.17. The van der Waals surface area contributed by atoms with Gasteiger partial charge in [0.15, 0.2) is 5.76 Å². The summed E-state index contributed by atoms with van der Waals surface area (Å²) < 4.78 is 5.16. The molecule has 1 aliphatic carbocycles. The van der Waals surface area contributed by atoms with Crippen LogP contribution in [0.3, 0.4) is 0 Å². The van der Waals surface area contributed by atoms with E-state index in [0.717, 1.165) is 25.9 Å². The van der Waals surface area contributed by atoms with E-state index in [1.807, 2.05) is 0 Å². The van der Waals surface area contributed by atoms with Gasteiger partial charge in [-0.15, -0.1) is 0 Å². The first-order chi connectivity index (χ1) is 11.2. The van der Waals surface area contributed by atoms with Crippen molar-refractivity contribution in [2.45, 2.75) is 38.1 Å².